The number of hydrogen-bond acceptors (Lipinski definition) is 5. The number of carboxylic acid groups (broad SMARTS) is 1. The van der Waals surface area contributed by atoms with E-state index in [-0.39, 0.29) is 34.4 Å². The average molecular weight is 470 g/mol. The van der Waals surface area contributed by atoms with Crippen LogP contribution < -0.4 is 0 Å². The topological polar surface area (TPSA) is 108 Å². The lowest BCUT2D eigenvalue weighted by atomic mass is 9.90. The zero-order valence-corrected chi connectivity index (χ0v) is 19.2. The van der Waals surface area contributed by atoms with E-state index >= 15 is 0 Å². The molecule has 1 aromatic carbocycles. The maximum absolute atomic E-state index is 13.9. The van der Waals surface area contributed by atoms with Crippen LogP contribution in [0.1, 0.15) is 40.9 Å². The van der Waals surface area contributed by atoms with Crippen LogP contribution in [0.3, 0.4) is 0 Å². The number of carboxylic acids is 1. The van der Waals surface area contributed by atoms with Gasteiger partial charge < -0.3 is 10.0 Å². The van der Waals surface area contributed by atoms with E-state index in [2.05, 4.69) is 11.6 Å². The number of fused-ring (bicyclic) bond motifs is 2. The normalized spacial score (nSPS) is 23.7. The Kier molecular flexibility index (Phi) is 6.36. The molecule has 2 bridgehead atoms. The number of carbonyl (C=O) groups is 2. The number of rotatable bonds is 6. The van der Waals surface area contributed by atoms with Crippen LogP contribution in [0.15, 0.2) is 60.1 Å². The van der Waals surface area contributed by atoms with E-state index in [1.165, 1.54) is 29.4 Å². The molecule has 1 aromatic heterocycles. The Bertz CT molecular complexity index is 1180. The molecule has 1 amide bonds. The van der Waals surface area contributed by atoms with E-state index in [1.807, 2.05) is 12.1 Å². The Morgan fingerprint density at radius 1 is 1.24 bits per heavy atom. The summed E-state index contributed by atoms with van der Waals surface area (Å²) in [5.74, 6) is -1.71. The van der Waals surface area contributed by atoms with Gasteiger partial charge in [0.05, 0.1) is 22.7 Å². The van der Waals surface area contributed by atoms with Gasteiger partial charge in [-0.25, -0.2) is 13.2 Å². The van der Waals surface area contributed by atoms with Crippen molar-refractivity contribution in [2.45, 2.75) is 49.7 Å². The molecule has 2 aliphatic heterocycles. The van der Waals surface area contributed by atoms with Crippen molar-refractivity contribution in [3.05, 3.63) is 72.1 Å². The molecule has 2 saturated heterocycles. The van der Waals surface area contributed by atoms with Crippen LogP contribution in [-0.4, -0.2) is 58.2 Å². The number of carbonyl (C=O) groups excluding carboxylic acids is 1. The number of benzene rings is 1. The van der Waals surface area contributed by atoms with E-state index < -0.39 is 28.1 Å². The standard InChI is InChI=1S/C24H27N3O5S/c1-3-17-14-26(15-18-8-4-5-13-25-18)23(28)21-11-7-10-20(17)27(21)33(31,32)22-12-6-9-19(16(22)2)24(29)30/h3-6,8-9,12-13,17,20-21H,1,7,10-11,14-15H2,2H3,(H,29,30)/t17-,20-,21+/m1/s1. The Morgan fingerprint density at radius 3 is 2.70 bits per heavy atom. The van der Waals surface area contributed by atoms with Crippen LogP contribution in [0.4, 0.5) is 0 Å². The molecule has 4 rings (SSSR count). The van der Waals surface area contributed by atoms with Gasteiger partial charge in [-0.05, 0) is 56.0 Å². The number of piperidine rings is 1. The molecule has 0 radical (unpaired) electrons. The fourth-order valence-electron chi connectivity index (χ4n) is 4.96. The van der Waals surface area contributed by atoms with Gasteiger partial charge in [0.2, 0.25) is 15.9 Å². The van der Waals surface area contributed by atoms with E-state index in [1.54, 1.807) is 23.2 Å². The summed E-state index contributed by atoms with van der Waals surface area (Å²) in [6.45, 7) is 6.06. The monoisotopic (exact) mass is 469 g/mol. The molecule has 33 heavy (non-hydrogen) atoms. The van der Waals surface area contributed by atoms with Crippen LogP contribution >= 0.6 is 0 Å². The first kappa shape index (κ1) is 23.1. The van der Waals surface area contributed by atoms with Gasteiger partial charge in [0.1, 0.15) is 6.04 Å². The summed E-state index contributed by atoms with van der Waals surface area (Å²) < 4.78 is 29.2. The van der Waals surface area contributed by atoms with Crippen molar-refractivity contribution < 1.29 is 23.1 Å². The van der Waals surface area contributed by atoms with Crippen molar-refractivity contribution in [1.82, 2.24) is 14.2 Å². The molecule has 0 unspecified atom stereocenters. The van der Waals surface area contributed by atoms with Gasteiger partial charge in [-0.15, -0.1) is 6.58 Å². The third-order valence-electron chi connectivity index (χ3n) is 6.59. The van der Waals surface area contributed by atoms with Crippen LogP contribution in [-0.2, 0) is 21.4 Å². The van der Waals surface area contributed by atoms with Gasteiger partial charge in [0, 0.05) is 24.7 Å². The predicted octanol–water partition coefficient (Wildman–Crippen LogP) is 2.84. The van der Waals surface area contributed by atoms with E-state index in [0.29, 0.717) is 19.4 Å². The molecule has 2 aromatic rings. The molecule has 3 atom stereocenters. The Morgan fingerprint density at radius 2 is 2.03 bits per heavy atom. The SMILES string of the molecule is C=C[C@@H]1CN(Cc2ccccn2)C(=O)[C@@H]2CCC[C@H]1N2S(=O)(=O)c1cccc(C(=O)O)c1C. The Labute approximate surface area is 193 Å². The highest BCUT2D eigenvalue weighted by Gasteiger charge is 2.49. The molecule has 8 nitrogen and oxygen atoms in total. The zero-order chi connectivity index (χ0) is 23.8. The second-order valence-electron chi connectivity index (χ2n) is 8.52. The highest BCUT2D eigenvalue weighted by atomic mass is 32.2. The molecular weight excluding hydrogens is 442 g/mol. The van der Waals surface area contributed by atoms with Crippen LogP contribution in [0, 0.1) is 12.8 Å². The van der Waals surface area contributed by atoms with Crippen molar-refractivity contribution in [3.63, 3.8) is 0 Å². The first-order valence-corrected chi connectivity index (χ1v) is 12.4. The summed E-state index contributed by atoms with van der Waals surface area (Å²) in [5.41, 5.74) is 0.823. The molecule has 0 saturated carbocycles. The molecule has 0 spiro atoms. The lowest BCUT2D eigenvalue weighted by Gasteiger charge is -2.40. The molecule has 2 fully saturated rings. The van der Waals surface area contributed by atoms with E-state index in [9.17, 15) is 23.1 Å². The number of nitrogens with zero attached hydrogens (tertiary/aromatic N) is 3. The Hall–Kier alpha value is -3.04. The lowest BCUT2D eigenvalue weighted by molar-refractivity contribution is -0.135. The average Bonchev–Trinajstić information content (AvgIpc) is 2.87. The van der Waals surface area contributed by atoms with Gasteiger partial charge in [-0.1, -0.05) is 18.2 Å². The first-order valence-electron chi connectivity index (χ1n) is 10.9. The minimum atomic E-state index is -4.14. The smallest absolute Gasteiger partial charge is 0.335 e. The molecular formula is C24H27N3O5S. The number of hydrogen-bond donors (Lipinski definition) is 1. The number of aromatic carboxylic acids is 1. The summed E-state index contributed by atoms with van der Waals surface area (Å²) in [7, 11) is -4.14. The summed E-state index contributed by atoms with van der Waals surface area (Å²) in [6, 6.07) is 8.42. The van der Waals surface area contributed by atoms with Crippen molar-refractivity contribution >= 4 is 21.9 Å². The summed E-state index contributed by atoms with van der Waals surface area (Å²) in [4.78, 5) is 31.2. The molecule has 9 heteroatoms. The fraction of sp³-hybridized carbons (Fsp3) is 0.375. The molecule has 0 aliphatic carbocycles. The van der Waals surface area contributed by atoms with Crippen molar-refractivity contribution in [2.24, 2.45) is 5.92 Å². The number of pyridine rings is 1. The molecule has 174 valence electrons. The van der Waals surface area contributed by atoms with Gasteiger partial charge >= 0.3 is 5.97 Å². The van der Waals surface area contributed by atoms with Crippen molar-refractivity contribution in [1.29, 1.82) is 0 Å². The summed E-state index contributed by atoms with van der Waals surface area (Å²) in [6.07, 6.45) is 5.13. The minimum absolute atomic E-state index is 0.0700. The zero-order valence-electron chi connectivity index (χ0n) is 18.4. The number of aromatic nitrogens is 1. The number of amides is 1. The highest BCUT2D eigenvalue weighted by Crippen LogP contribution is 2.38. The fourth-order valence-corrected chi connectivity index (χ4v) is 7.09. The largest absolute Gasteiger partial charge is 0.478 e. The van der Waals surface area contributed by atoms with Gasteiger partial charge in [-0.3, -0.25) is 9.78 Å². The predicted molar refractivity (Wildman–Crippen MR) is 122 cm³/mol. The maximum atomic E-state index is 13.9. The van der Waals surface area contributed by atoms with E-state index in [4.69, 9.17) is 0 Å². The van der Waals surface area contributed by atoms with Gasteiger partial charge in [-0.2, -0.15) is 4.31 Å². The molecule has 3 heterocycles. The van der Waals surface area contributed by atoms with Crippen LogP contribution in [0.25, 0.3) is 0 Å². The lowest BCUT2D eigenvalue weighted by Crippen LogP contribution is -2.54. The minimum Gasteiger partial charge on any atom is -0.478 e. The first-order chi connectivity index (χ1) is 15.8. The highest BCUT2D eigenvalue weighted by molar-refractivity contribution is 7.89. The Balaban J connectivity index is 1.79. The molecule has 1 N–H and O–H groups in total. The molecule has 2 aliphatic rings. The summed E-state index contributed by atoms with van der Waals surface area (Å²) >= 11 is 0. The van der Waals surface area contributed by atoms with Crippen molar-refractivity contribution in [2.75, 3.05) is 6.54 Å². The van der Waals surface area contributed by atoms with Gasteiger partial charge in [0.15, 0.2) is 0 Å². The maximum Gasteiger partial charge on any atom is 0.335 e. The van der Waals surface area contributed by atoms with Crippen molar-refractivity contribution in [3.8, 4) is 0 Å². The van der Waals surface area contributed by atoms with Crippen LogP contribution in [0.5, 0.6) is 0 Å². The second-order valence-corrected chi connectivity index (χ2v) is 10.3. The van der Waals surface area contributed by atoms with Crippen LogP contribution in [0.2, 0.25) is 0 Å². The van der Waals surface area contributed by atoms with Gasteiger partial charge in [0.25, 0.3) is 0 Å². The number of sulfonamides is 1. The third-order valence-corrected chi connectivity index (χ3v) is 8.66. The third kappa shape index (κ3) is 4.18. The second kappa shape index (κ2) is 9.07. The quantitative estimate of drug-likeness (QED) is 0.652. The summed E-state index contributed by atoms with van der Waals surface area (Å²) in [5, 5.41) is 9.48. The van der Waals surface area contributed by atoms with E-state index in [0.717, 1.165) is 12.1 Å².